The van der Waals surface area contributed by atoms with Gasteiger partial charge in [0.25, 0.3) is 0 Å². The van der Waals surface area contributed by atoms with Gasteiger partial charge in [-0.1, -0.05) is 6.07 Å². The molecule has 80 valence electrons. The molecule has 3 heteroatoms. The zero-order valence-corrected chi connectivity index (χ0v) is 9.00. The molecule has 0 saturated carbocycles. The van der Waals surface area contributed by atoms with E-state index in [2.05, 4.69) is 0 Å². The maximum absolute atomic E-state index is 11.1. The maximum atomic E-state index is 11.1. The number of esters is 1. The Bertz CT molecular complexity index is 396. The van der Waals surface area contributed by atoms with E-state index in [-0.39, 0.29) is 5.97 Å². The molecule has 0 bridgehead atoms. The van der Waals surface area contributed by atoms with Crippen LogP contribution in [0.4, 0.5) is 0 Å². The maximum Gasteiger partial charge on any atom is 0.311 e. The van der Waals surface area contributed by atoms with Gasteiger partial charge in [0.1, 0.15) is 11.5 Å². The SMILES string of the molecule is CCOc1c(C)ccc2c1CCC(=O)O2. The van der Waals surface area contributed by atoms with Crippen LogP contribution in [0.1, 0.15) is 24.5 Å². The number of ether oxygens (including phenoxy) is 2. The minimum Gasteiger partial charge on any atom is -0.493 e. The molecule has 3 nitrogen and oxygen atoms in total. The number of rotatable bonds is 2. The predicted molar refractivity (Wildman–Crippen MR) is 56.3 cm³/mol. The van der Waals surface area contributed by atoms with E-state index in [9.17, 15) is 4.79 Å². The summed E-state index contributed by atoms with van der Waals surface area (Å²) in [7, 11) is 0. The molecule has 0 aliphatic carbocycles. The summed E-state index contributed by atoms with van der Waals surface area (Å²) < 4.78 is 10.7. The lowest BCUT2D eigenvalue weighted by molar-refractivity contribution is -0.135. The highest BCUT2D eigenvalue weighted by atomic mass is 16.5. The zero-order chi connectivity index (χ0) is 10.8. The summed E-state index contributed by atoms with van der Waals surface area (Å²) in [6.07, 6.45) is 1.15. The van der Waals surface area contributed by atoms with Gasteiger partial charge in [-0.05, 0) is 31.9 Å². The third-order valence-corrected chi connectivity index (χ3v) is 2.51. The highest BCUT2D eigenvalue weighted by Gasteiger charge is 2.21. The van der Waals surface area contributed by atoms with Crippen LogP contribution in [0, 0.1) is 6.92 Å². The van der Waals surface area contributed by atoms with Crippen molar-refractivity contribution in [2.24, 2.45) is 0 Å². The monoisotopic (exact) mass is 206 g/mol. The molecule has 1 heterocycles. The van der Waals surface area contributed by atoms with E-state index < -0.39 is 0 Å². The van der Waals surface area contributed by atoms with Crippen LogP contribution < -0.4 is 9.47 Å². The molecule has 0 N–H and O–H groups in total. The Morgan fingerprint density at radius 3 is 2.93 bits per heavy atom. The van der Waals surface area contributed by atoms with E-state index in [1.807, 2.05) is 26.0 Å². The fraction of sp³-hybridized carbons (Fsp3) is 0.417. The van der Waals surface area contributed by atoms with E-state index in [1.54, 1.807) is 0 Å². The number of aryl methyl sites for hydroxylation is 1. The van der Waals surface area contributed by atoms with Crippen LogP contribution in [-0.2, 0) is 11.2 Å². The molecule has 0 atom stereocenters. The van der Waals surface area contributed by atoms with E-state index in [1.165, 1.54) is 0 Å². The average molecular weight is 206 g/mol. The molecular formula is C12H14O3. The van der Waals surface area contributed by atoms with E-state index >= 15 is 0 Å². The van der Waals surface area contributed by atoms with Crippen molar-refractivity contribution in [2.45, 2.75) is 26.7 Å². The first kappa shape index (κ1) is 10.0. The summed E-state index contributed by atoms with van der Waals surface area (Å²) in [5, 5.41) is 0. The first-order valence-corrected chi connectivity index (χ1v) is 5.18. The molecule has 1 aromatic carbocycles. The molecule has 0 aromatic heterocycles. The number of carbonyl (C=O) groups is 1. The van der Waals surface area contributed by atoms with E-state index in [4.69, 9.17) is 9.47 Å². The molecule has 0 fully saturated rings. The number of carbonyl (C=O) groups excluding carboxylic acids is 1. The van der Waals surface area contributed by atoms with Gasteiger partial charge in [-0.15, -0.1) is 0 Å². The molecular weight excluding hydrogens is 192 g/mol. The van der Waals surface area contributed by atoms with Crippen molar-refractivity contribution in [1.29, 1.82) is 0 Å². The minimum atomic E-state index is -0.159. The quantitative estimate of drug-likeness (QED) is 0.550. The Balaban J connectivity index is 2.45. The number of benzene rings is 1. The van der Waals surface area contributed by atoms with Gasteiger partial charge < -0.3 is 9.47 Å². The Morgan fingerprint density at radius 2 is 2.20 bits per heavy atom. The van der Waals surface area contributed by atoms with Gasteiger partial charge in [-0.25, -0.2) is 0 Å². The Labute approximate surface area is 89.0 Å². The molecule has 1 aromatic rings. The summed E-state index contributed by atoms with van der Waals surface area (Å²) in [6, 6.07) is 3.76. The fourth-order valence-electron chi connectivity index (χ4n) is 1.81. The van der Waals surface area contributed by atoms with Crippen molar-refractivity contribution in [3.05, 3.63) is 23.3 Å². The topological polar surface area (TPSA) is 35.5 Å². The molecule has 2 rings (SSSR count). The van der Waals surface area contributed by atoms with Gasteiger partial charge >= 0.3 is 5.97 Å². The van der Waals surface area contributed by atoms with Gasteiger partial charge in [-0.3, -0.25) is 4.79 Å². The van der Waals surface area contributed by atoms with Gasteiger partial charge in [-0.2, -0.15) is 0 Å². The van der Waals surface area contributed by atoms with Crippen molar-refractivity contribution >= 4 is 5.97 Å². The number of hydrogen-bond acceptors (Lipinski definition) is 3. The van der Waals surface area contributed by atoms with E-state index in [0.29, 0.717) is 25.2 Å². The molecule has 0 saturated heterocycles. The van der Waals surface area contributed by atoms with Gasteiger partial charge in [0.15, 0.2) is 0 Å². The first-order valence-electron chi connectivity index (χ1n) is 5.18. The lowest BCUT2D eigenvalue weighted by Gasteiger charge is -2.20. The van der Waals surface area contributed by atoms with Crippen molar-refractivity contribution in [3.8, 4) is 11.5 Å². The minimum absolute atomic E-state index is 0.159. The van der Waals surface area contributed by atoms with Crippen molar-refractivity contribution in [3.63, 3.8) is 0 Å². The second-order valence-corrected chi connectivity index (χ2v) is 3.60. The van der Waals surface area contributed by atoms with Crippen LogP contribution in [-0.4, -0.2) is 12.6 Å². The largest absolute Gasteiger partial charge is 0.493 e. The third-order valence-electron chi connectivity index (χ3n) is 2.51. The molecule has 0 unspecified atom stereocenters. The van der Waals surface area contributed by atoms with Gasteiger partial charge in [0, 0.05) is 5.56 Å². The normalized spacial score (nSPS) is 14.4. The Kier molecular flexibility index (Phi) is 2.62. The highest BCUT2D eigenvalue weighted by molar-refractivity contribution is 5.76. The van der Waals surface area contributed by atoms with Crippen LogP contribution in [0.15, 0.2) is 12.1 Å². The summed E-state index contributed by atoms with van der Waals surface area (Å²) in [5.74, 6) is 1.37. The third kappa shape index (κ3) is 1.82. The lowest BCUT2D eigenvalue weighted by atomic mass is 10.0. The highest BCUT2D eigenvalue weighted by Crippen LogP contribution is 2.35. The van der Waals surface area contributed by atoms with Crippen LogP contribution in [0.25, 0.3) is 0 Å². The summed E-state index contributed by atoms with van der Waals surface area (Å²) in [6.45, 7) is 4.58. The predicted octanol–water partition coefficient (Wildman–Crippen LogP) is 2.25. The number of hydrogen-bond donors (Lipinski definition) is 0. The lowest BCUT2D eigenvalue weighted by Crippen LogP contribution is -2.17. The van der Waals surface area contributed by atoms with Crippen LogP contribution in [0.5, 0.6) is 11.5 Å². The average Bonchev–Trinajstić information content (AvgIpc) is 2.22. The van der Waals surface area contributed by atoms with Crippen LogP contribution in [0.3, 0.4) is 0 Å². The summed E-state index contributed by atoms with van der Waals surface area (Å²) in [5.41, 5.74) is 2.12. The smallest absolute Gasteiger partial charge is 0.311 e. The van der Waals surface area contributed by atoms with Crippen LogP contribution >= 0.6 is 0 Å². The number of fused-ring (bicyclic) bond motifs is 1. The molecule has 15 heavy (non-hydrogen) atoms. The van der Waals surface area contributed by atoms with Crippen LogP contribution in [0.2, 0.25) is 0 Å². The zero-order valence-electron chi connectivity index (χ0n) is 9.00. The fourth-order valence-corrected chi connectivity index (χ4v) is 1.81. The van der Waals surface area contributed by atoms with Crippen molar-refractivity contribution < 1.29 is 14.3 Å². The molecule has 1 aliphatic heterocycles. The Hall–Kier alpha value is -1.51. The summed E-state index contributed by atoms with van der Waals surface area (Å²) >= 11 is 0. The summed E-state index contributed by atoms with van der Waals surface area (Å²) in [4.78, 5) is 11.1. The Morgan fingerprint density at radius 1 is 1.40 bits per heavy atom. The van der Waals surface area contributed by atoms with Crippen molar-refractivity contribution in [2.75, 3.05) is 6.61 Å². The van der Waals surface area contributed by atoms with Gasteiger partial charge in [0.2, 0.25) is 0 Å². The molecule has 0 radical (unpaired) electrons. The molecule has 1 aliphatic rings. The van der Waals surface area contributed by atoms with Crippen molar-refractivity contribution in [1.82, 2.24) is 0 Å². The molecule has 0 spiro atoms. The van der Waals surface area contributed by atoms with Gasteiger partial charge in [0.05, 0.1) is 13.0 Å². The standard InChI is InChI=1S/C12H14O3/c1-3-14-12-8(2)4-6-10-9(12)5-7-11(13)15-10/h4,6H,3,5,7H2,1-2H3. The second kappa shape index (κ2) is 3.93. The first-order chi connectivity index (χ1) is 7.22. The van der Waals surface area contributed by atoms with E-state index in [0.717, 1.165) is 16.9 Å². The molecule has 0 amide bonds. The second-order valence-electron chi connectivity index (χ2n) is 3.60.